The maximum Gasteiger partial charge on any atom is 0.335 e. The first kappa shape index (κ1) is 14.0. The van der Waals surface area contributed by atoms with E-state index in [0.29, 0.717) is 17.8 Å². The first-order valence-electron chi connectivity index (χ1n) is 5.82. The molecule has 1 aromatic heterocycles. The maximum atomic E-state index is 11.7. The minimum Gasteiger partial charge on any atom is -0.478 e. The van der Waals surface area contributed by atoms with Gasteiger partial charge in [-0.2, -0.15) is 0 Å². The summed E-state index contributed by atoms with van der Waals surface area (Å²) < 4.78 is 0. The van der Waals surface area contributed by atoms with E-state index in [1.807, 2.05) is 5.38 Å². The molecular weight excluding hydrogens is 278 g/mol. The van der Waals surface area contributed by atoms with Gasteiger partial charge in [-0.1, -0.05) is 0 Å². The predicted molar refractivity (Wildman–Crippen MR) is 76.1 cm³/mol. The molecule has 104 valence electrons. The second-order valence-electron chi connectivity index (χ2n) is 4.12. The maximum absolute atomic E-state index is 11.7. The van der Waals surface area contributed by atoms with Gasteiger partial charge in [0.1, 0.15) is 0 Å². The predicted octanol–water partition coefficient (Wildman–Crippen LogP) is 2.47. The Morgan fingerprint density at radius 3 is 2.80 bits per heavy atom. The molecule has 0 aliphatic rings. The number of carbonyl (C=O) groups is 2. The summed E-state index contributed by atoms with van der Waals surface area (Å²) in [6.45, 7) is 2.03. The van der Waals surface area contributed by atoms with Gasteiger partial charge in [0.15, 0.2) is 0 Å². The van der Waals surface area contributed by atoms with E-state index >= 15 is 0 Å². The van der Waals surface area contributed by atoms with E-state index in [9.17, 15) is 9.59 Å². The molecule has 0 saturated carbocycles. The van der Waals surface area contributed by atoms with Gasteiger partial charge in [-0.25, -0.2) is 14.6 Å². The number of nitrogens with zero attached hydrogens (tertiary/aromatic N) is 1. The Labute approximate surface area is 119 Å². The van der Waals surface area contributed by atoms with Crippen molar-refractivity contribution in [3.8, 4) is 0 Å². The molecule has 0 atom stereocenters. The number of nitrogens with one attached hydrogen (secondary N) is 2. The van der Waals surface area contributed by atoms with Crippen LogP contribution in [0.5, 0.6) is 0 Å². The highest BCUT2D eigenvalue weighted by Gasteiger charge is 2.08. The number of thiazole rings is 1. The molecule has 0 aliphatic carbocycles. The average Bonchev–Trinajstić information content (AvgIpc) is 2.89. The summed E-state index contributed by atoms with van der Waals surface area (Å²) in [5.41, 5.74) is 3.85. The first-order chi connectivity index (χ1) is 9.56. The van der Waals surface area contributed by atoms with Crippen molar-refractivity contribution in [2.24, 2.45) is 0 Å². The van der Waals surface area contributed by atoms with Crippen LogP contribution in [0.2, 0.25) is 0 Å². The van der Waals surface area contributed by atoms with E-state index in [0.717, 1.165) is 5.69 Å². The van der Waals surface area contributed by atoms with Crippen molar-refractivity contribution in [1.29, 1.82) is 0 Å². The number of hydrogen-bond donors (Lipinski definition) is 3. The molecule has 1 heterocycles. The molecule has 0 spiro atoms. The van der Waals surface area contributed by atoms with E-state index in [1.54, 1.807) is 24.6 Å². The van der Waals surface area contributed by atoms with Gasteiger partial charge in [0, 0.05) is 11.1 Å². The van der Waals surface area contributed by atoms with Crippen LogP contribution in [0.15, 0.2) is 29.1 Å². The number of aromatic nitrogens is 1. The third-order valence-corrected chi connectivity index (χ3v) is 3.26. The van der Waals surface area contributed by atoms with E-state index in [2.05, 4.69) is 15.6 Å². The van der Waals surface area contributed by atoms with E-state index in [-0.39, 0.29) is 11.6 Å². The Hall–Kier alpha value is -2.41. The molecule has 1 aromatic carbocycles. The molecular formula is C13H13N3O3S. The third kappa shape index (κ3) is 3.55. The number of carboxylic acid groups (broad SMARTS) is 1. The lowest BCUT2D eigenvalue weighted by molar-refractivity contribution is 0.0696. The quantitative estimate of drug-likeness (QED) is 0.807. The lowest BCUT2D eigenvalue weighted by atomic mass is 10.1. The number of rotatable bonds is 4. The Balaban J connectivity index is 1.94. The second-order valence-corrected chi connectivity index (χ2v) is 4.84. The Morgan fingerprint density at radius 1 is 1.40 bits per heavy atom. The lowest BCUT2D eigenvalue weighted by Crippen LogP contribution is -2.28. The molecule has 2 amide bonds. The zero-order valence-electron chi connectivity index (χ0n) is 10.7. The van der Waals surface area contributed by atoms with Crippen LogP contribution < -0.4 is 10.6 Å². The highest BCUT2D eigenvalue weighted by Crippen LogP contribution is 2.15. The molecule has 2 aromatic rings. The van der Waals surface area contributed by atoms with Gasteiger partial charge in [0.05, 0.1) is 23.3 Å². The summed E-state index contributed by atoms with van der Waals surface area (Å²) in [4.78, 5) is 26.6. The van der Waals surface area contributed by atoms with Crippen LogP contribution >= 0.6 is 11.3 Å². The van der Waals surface area contributed by atoms with Crippen LogP contribution in [0.25, 0.3) is 0 Å². The van der Waals surface area contributed by atoms with Gasteiger partial charge >= 0.3 is 12.0 Å². The lowest BCUT2D eigenvalue weighted by Gasteiger charge is -2.08. The Kier molecular flexibility index (Phi) is 4.31. The van der Waals surface area contributed by atoms with E-state index in [4.69, 9.17) is 5.11 Å². The van der Waals surface area contributed by atoms with E-state index in [1.165, 1.54) is 17.4 Å². The summed E-state index contributed by atoms with van der Waals surface area (Å²) >= 11 is 1.46. The van der Waals surface area contributed by atoms with Crippen molar-refractivity contribution in [3.05, 3.63) is 45.9 Å². The number of benzene rings is 1. The summed E-state index contributed by atoms with van der Waals surface area (Å²) in [6, 6.07) is 4.28. The molecule has 0 aliphatic heterocycles. The molecule has 3 N–H and O–H groups in total. The van der Waals surface area contributed by atoms with Gasteiger partial charge < -0.3 is 15.7 Å². The van der Waals surface area contributed by atoms with Crippen molar-refractivity contribution in [1.82, 2.24) is 10.3 Å². The number of hydrogen-bond acceptors (Lipinski definition) is 4. The van der Waals surface area contributed by atoms with Crippen LogP contribution in [0.1, 0.15) is 21.6 Å². The fraction of sp³-hybridized carbons (Fsp3) is 0.154. The molecule has 0 fully saturated rings. The van der Waals surface area contributed by atoms with Crippen molar-refractivity contribution in [2.75, 3.05) is 5.32 Å². The number of amides is 2. The van der Waals surface area contributed by atoms with Gasteiger partial charge in [-0.05, 0) is 30.7 Å². The van der Waals surface area contributed by atoms with Crippen LogP contribution in [-0.2, 0) is 6.54 Å². The monoisotopic (exact) mass is 291 g/mol. The molecule has 0 unspecified atom stereocenters. The molecule has 20 heavy (non-hydrogen) atoms. The highest BCUT2D eigenvalue weighted by atomic mass is 32.1. The summed E-state index contributed by atoms with van der Waals surface area (Å²) in [7, 11) is 0. The first-order valence-corrected chi connectivity index (χ1v) is 6.76. The van der Waals surface area contributed by atoms with Crippen LogP contribution in [0.4, 0.5) is 10.5 Å². The largest absolute Gasteiger partial charge is 0.478 e. The van der Waals surface area contributed by atoms with E-state index < -0.39 is 5.97 Å². The van der Waals surface area contributed by atoms with Crippen molar-refractivity contribution in [3.63, 3.8) is 0 Å². The average molecular weight is 291 g/mol. The Morgan fingerprint density at radius 2 is 2.20 bits per heavy atom. The zero-order valence-corrected chi connectivity index (χ0v) is 11.5. The third-order valence-electron chi connectivity index (χ3n) is 2.63. The van der Waals surface area contributed by atoms with Crippen molar-refractivity contribution < 1.29 is 14.7 Å². The van der Waals surface area contributed by atoms with Crippen molar-refractivity contribution >= 4 is 29.0 Å². The second kappa shape index (κ2) is 6.16. The number of carbonyl (C=O) groups excluding carboxylic acids is 1. The minimum atomic E-state index is -0.984. The SMILES string of the molecule is Cc1cc(NC(=O)NCc2cscn2)ccc1C(=O)O. The highest BCUT2D eigenvalue weighted by molar-refractivity contribution is 7.07. The molecule has 0 bridgehead atoms. The fourth-order valence-corrected chi connectivity index (χ4v) is 2.21. The molecule has 0 radical (unpaired) electrons. The topological polar surface area (TPSA) is 91.3 Å². The number of anilines is 1. The molecule has 0 saturated heterocycles. The standard InChI is InChI=1S/C13H13N3O3S/c1-8-4-9(2-3-11(8)12(17)18)16-13(19)14-5-10-6-20-7-15-10/h2-4,6-7H,5H2,1H3,(H,17,18)(H2,14,16,19). The van der Waals surface area contributed by atoms with Crippen molar-refractivity contribution in [2.45, 2.75) is 13.5 Å². The molecule has 7 heteroatoms. The fourth-order valence-electron chi connectivity index (χ4n) is 1.65. The van der Waals surface area contributed by atoms with Gasteiger partial charge in [0.25, 0.3) is 0 Å². The number of carboxylic acids is 1. The summed E-state index contributed by atoms with van der Waals surface area (Å²) in [5, 5.41) is 16.1. The van der Waals surface area contributed by atoms with Gasteiger partial charge in [-0.3, -0.25) is 0 Å². The normalized spacial score (nSPS) is 10.1. The molecule has 6 nitrogen and oxygen atoms in total. The van der Waals surface area contributed by atoms with Gasteiger partial charge in [0.2, 0.25) is 0 Å². The number of urea groups is 1. The molecule has 2 rings (SSSR count). The Bertz CT molecular complexity index is 626. The zero-order chi connectivity index (χ0) is 14.5. The van der Waals surface area contributed by atoms with Gasteiger partial charge in [-0.15, -0.1) is 11.3 Å². The number of aromatic carboxylic acids is 1. The smallest absolute Gasteiger partial charge is 0.335 e. The summed E-state index contributed by atoms with van der Waals surface area (Å²) in [5.74, 6) is -0.984. The minimum absolute atomic E-state index is 0.221. The number of aryl methyl sites for hydroxylation is 1. The summed E-state index contributed by atoms with van der Waals surface area (Å²) in [6.07, 6.45) is 0. The van der Waals surface area contributed by atoms with Crippen LogP contribution in [0.3, 0.4) is 0 Å². The van der Waals surface area contributed by atoms with Crippen LogP contribution in [0, 0.1) is 6.92 Å². The van der Waals surface area contributed by atoms with Crippen LogP contribution in [-0.4, -0.2) is 22.1 Å².